The highest BCUT2D eigenvalue weighted by molar-refractivity contribution is 7.41. The molecule has 0 amide bonds. The molecule has 0 rings (SSSR count). The Hall–Kier alpha value is 0.230. The van der Waals surface area contributed by atoms with Crippen molar-refractivity contribution in [3.8, 4) is 0 Å². The van der Waals surface area contributed by atoms with Crippen molar-refractivity contribution in [3.05, 3.63) is 0 Å². The minimum atomic E-state index is -1.31. The summed E-state index contributed by atoms with van der Waals surface area (Å²) in [5.41, 5.74) is 0. The molecule has 5 nitrogen and oxygen atoms in total. The van der Waals surface area contributed by atoms with Gasteiger partial charge >= 0.3 is 8.60 Å². The second kappa shape index (κ2) is 23.5. The standard InChI is InChI=1S/C22H47O5P/c1-5-7-15-23-18-20-26-28(27-21-19-24-16-8-6-2)25-17-13-11-9-10-12-14-22(3)4/h22H,5-21H2,1-4H3. The van der Waals surface area contributed by atoms with E-state index in [4.69, 9.17) is 23.0 Å². The van der Waals surface area contributed by atoms with Crippen molar-refractivity contribution in [2.45, 2.75) is 91.9 Å². The lowest BCUT2D eigenvalue weighted by molar-refractivity contribution is 0.0638. The van der Waals surface area contributed by atoms with Gasteiger partial charge in [-0.2, -0.15) is 0 Å². The highest BCUT2D eigenvalue weighted by Crippen LogP contribution is 2.39. The van der Waals surface area contributed by atoms with Crippen LogP contribution in [0.2, 0.25) is 0 Å². The van der Waals surface area contributed by atoms with Gasteiger partial charge in [0.15, 0.2) is 0 Å². The topological polar surface area (TPSA) is 46.2 Å². The normalized spacial score (nSPS) is 11.8. The average Bonchev–Trinajstić information content (AvgIpc) is 2.68. The summed E-state index contributed by atoms with van der Waals surface area (Å²) in [6, 6.07) is 0. The highest BCUT2D eigenvalue weighted by Gasteiger charge is 2.12. The van der Waals surface area contributed by atoms with Crippen molar-refractivity contribution in [2.75, 3.05) is 46.2 Å². The summed E-state index contributed by atoms with van der Waals surface area (Å²) in [6.45, 7) is 13.4. The Labute approximate surface area is 176 Å². The zero-order chi connectivity index (χ0) is 20.7. The van der Waals surface area contributed by atoms with Gasteiger partial charge in [0.05, 0.1) is 33.0 Å². The molecular formula is C22H47O5P. The zero-order valence-electron chi connectivity index (χ0n) is 19.1. The Balaban J connectivity index is 3.79. The van der Waals surface area contributed by atoms with Crippen molar-refractivity contribution < 1.29 is 23.0 Å². The summed E-state index contributed by atoms with van der Waals surface area (Å²) in [6.07, 6.45) is 12.0. The molecule has 0 aromatic heterocycles. The van der Waals surface area contributed by atoms with Gasteiger partial charge in [0.1, 0.15) is 0 Å². The first kappa shape index (κ1) is 28.2. The molecule has 0 saturated carbocycles. The lowest BCUT2D eigenvalue weighted by Crippen LogP contribution is -2.08. The number of rotatable bonds is 23. The maximum atomic E-state index is 5.85. The molecule has 28 heavy (non-hydrogen) atoms. The molecule has 0 N–H and O–H groups in total. The zero-order valence-corrected chi connectivity index (χ0v) is 20.0. The van der Waals surface area contributed by atoms with Crippen LogP contribution in [0.1, 0.15) is 91.9 Å². The Morgan fingerprint density at radius 2 is 1.04 bits per heavy atom. The fraction of sp³-hybridized carbons (Fsp3) is 1.00. The first-order chi connectivity index (χ1) is 13.7. The van der Waals surface area contributed by atoms with E-state index in [1.54, 1.807) is 0 Å². The van der Waals surface area contributed by atoms with Crippen LogP contribution in [0.25, 0.3) is 0 Å². The van der Waals surface area contributed by atoms with Gasteiger partial charge < -0.3 is 23.0 Å². The molecule has 0 unspecified atom stereocenters. The van der Waals surface area contributed by atoms with Crippen LogP contribution in [0.5, 0.6) is 0 Å². The third-order valence-electron chi connectivity index (χ3n) is 4.26. The van der Waals surface area contributed by atoms with Crippen LogP contribution >= 0.6 is 8.60 Å². The predicted molar refractivity (Wildman–Crippen MR) is 119 cm³/mol. The van der Waals surface area contributed by atoms with Crippen molar-refractivity contribution in [1.82, 2.24) is 0 Å². The van der Waals surface area contributed by atoms with E-state index < -0.39 is 8.60 Å². The van der Waals surface area contributed by atoms with Gasteiger partial charge in [0.2, 0.25) is 0 Å². The SMILES string of the molecule is CCCCOCCOP(OCCCCCCCC(C)C)OCCOCCCC. The molecule has 0 aliphatic carbocycles. The van der Waals surface area contributed by atoms with Crippen LogP contribution in [0.3, 0.4) is 0 Å². The van der Waals surface area contributed by atoms with E-state index in [0.29, 0.717) is 33.0 Å². The molecule has 0 spiro atoms. The quantitative estimate of drug-likeness (QED) is 0.132. The van der Waals surface area contributed by atoms with Gasteiger partial charge in [-0.25, -0.2) is 0 Å². The number of ether oxygens (including phenoxy) is 2. The maximum Gasteiger partial charge on any atom is 0.332 e. The Kier molecular flexibility index (Phi) is 23.7. The van der Waals surface area contributed by atoms with Crippen LogP contribution in [0, 0.1) is 5.92 Å². The molecule has 0 bridgehead atoms. The molecule has 0 fully saturated rings. The summed E-state index contributed by atoms with van der Waals surface area (Å²) in [5.74, 6) is 0.818. The third kappa shape index (κ3) is 22.5. The third-order valence-corrected chi connectivity index (χ3v) is 5.44. The summed E-state index contributed by atoms with van der Waals surface area (Å²) in [4.78, 5) is 0. The van der Waals surface area contributed by atoms with Crippen LogP contribution in [-0.4, -0.2) is 46.2 Å². The monoisotopic (exact) mass is 422 g/mol. The largest absolute Gasteiger partial charge is 0.379 e. The lowest BCUT2D eigenvalue weighted by Gasteiger charge is -2.17. The Morgan fingerprint density at radius 1 is 0.536 bits per heavy atom. The fourth-order valence-corrected chi connectivity index (χ4v) is 3.42. The van der Waals surface area contributed by atoms with Crippen molar-refractivity contribution in [1.29, 1.82) is 0 Å². The first-order valence-corrected chi connectivity index (χ1v) is 12.6. The van der Waals surface area contributed by atoms with Gasteiger partial charge in [-0.15, -0.1) is 0 Å². The molecule has 0 aromatic carbocycles. The molecule has 0 aliphatic heterocycles. The molecule has 0 heterocycles. The van der Waals surface area contributed by atoms with E-state index in [1.165, 1.54) is 32.1 Å². The van der Waals surface area contributed by atoms with E-state index in [-0.39, 0.29) is 0 Å². The number of unbranched alkanes of at least 4 members (excludes halogenated alkanes) is 6. The van der Waals surface area contributed by atoms with Gasteiger partial charge in [-0.3, -0.25) is 0 Å². The summed E-state index contributed by atoms with van der Waals surface area (Å²) >= 11 is 0. The fourth-order valence-electron chi connectivity index (χ4n) is 2.47. The minimum absolute atomic E-state index is 0.515. The van der Waals surface area contributed by atoms with Crippen LogP contribution in [-0.2, 0) is 23.0 Å². The van der Waals surface area contributed by atoms with Crippen molar-refractivity contribution in [3.63, 3.8) is 0 Å². The molecule has 0 radical (unpaired) electrons. The summed E-state index contributed by atoms with van der Waals surface area (Å²) in [7, 11) is -1.31. The smallest absolute Gasteiger partial charge is 0.332 e. The molecule has 0 aliphatic rings. The second-order valence-corrected chi connectivity index (χ2v) is 8.83. The van der Waals surface area contributed by atoms with Gasteiger partial charge in [0.25, 0.3) is 0 Å². The lowest BCUT2D eigenvalue weighted by atomic mass is 10.0. The number of hydrogen-bond acceptors (Lipinski definition) is 5. The molecule has 0 atom stereocenters. The average molecular weight is 423 g/mol. The molecular weight excluding hydrogens is 375 g/mol. The van der Waals surface area contributed by atoms with Crippen molar-refractivity contribution in [2.24, 2.45) is 5.92 Å². The van der Waals surface area contributed by atoms with E-state index in [2.05, 4.69) is 27.7 Å². The minimum Gasteiger partial charge on any atom is -0.379 e. The van der Waals surface area contributed by atoms with Gasteiger partial charge in [0, 0.05) is 13.2 Å². The number of hydrogen-bond donors (Lipinski definition) is 0. The molecule has 6 heteroatoms. The first-order valence-electron chi connectivity index (χ1n) is 11.5. The molecule has 0 aromatic rings. The Morgan fingerprint density at radius 3 is 1.57 bits per heavy atom. The second-order valence-electron chi connectivity index (χ2n) is 7.61. The van der Waals surface area contributed by atoms with Gasteiger partial charge in [-0.1, -0.05) is 72.6 Å². The summed E-state index contributed by atoms with van der Waals surface area (Å²) in [5, 5.41) is 0. The van der Waals surface area contributed by atoms with Crippen LogP contribution in [0.4, 0.5) is 0 Å². The summed E-state index contributed by atoms with van der Waals surface area (Å²) < 4.78 is 28.5. The Bertz CT molecular complexity index is 276. The van der Waals surface area contributed by atoms with E-state index in [1.807, 2.05) is 0 Å². The van der Waals surface area contributed by atoms with E-state index in [9.17, 15) is 0 Å². The molecule has 0 saturated heterocycles. The highest BCUT2D eigenvalue weighted by atomic mass is 31.2. The van der Waals surface area contributed by atoms with Crippen LogP contribution in [0.15, 0.2) is 0 Å². The predicted octanol–water partition coefficient (Wildman–Crippen LogP) is 6.89. The maximum absolute atomic E-state index is 5.85. The molecule has 170 valence electrons. The van der Waals surface area contributed by atoms with E-state index in [0.717, 1.165) is 51.2 Å². The van der Waals surface area contributed by atoms with Gasteiger partial charge in [-0.05, 0) is 25.2 Å². The van der Waals surface area contributed by atoms with E-state index >= 15 is 0 Å². The van der Waals surface area contributed by atoms with Crippen LogP contribution < -0.4 is 0 Å². The van der Waals surface area contributed by atoms with Crippen molar-refractivity contribution >= 4 is 8.60 Å².